The number of halogens is 1. The molecule has 0 atom stereocenters. The van der Waals surface area contributed by atoms with Gasteiger partial charge in [-0.3, -0.25) is 9.59 Å². The van der Waals surface area contributed by atoms with E-state index in [9.17, 15) is 9.59 Å². The quantitative estimate of drug-likeness (QED) is 0.725. The van der Waals surface area contributed by atoms with Crippen LogP contribution < -0.4 is 15.5 Å². The number of pyridine rings is 1. The molecule has 0 radical (unpaired) electrons. The first kappa shape index (κ1) is 19.3. The first-order chi connectivity index (χ1) is 13.1. The van der Waals surface area contributed by atoms with Crippen molar-refractivity contribution in [1.29, 1.82) is 0 Å². The van der Waals surface area contributed by atoms with E-state index in [1.165, 1.54) is 0 Å². The Morgan fingerprint density at radius 2 is 1.96 bits per heavy atom. The van der Waals surface area contributed by atoms with Crippen molar-refractivity contribution < 1.29 is 14.3 Å². The van der Waals surface area contributed by atoms with Gasteiger partial charge in [-0.25, -0.2) is 4.98 Å². The Kier molecular flexibility index (Phi) is 6.78. The van der Waals surface area contributed by atoms with E-state index >= 15 is 0 Å². The van der Waals surface area contributed by atoms with Crippen LogP contribution in [0.5, 0.6) is 0 Å². The van der Waals surface area contributed by atoms with E-state index in [-0.39, 0.29) is 18.4 Å². The fourth-order valence-electron chi connectivity index (χ4n) is 2.69. The number of amides is 2. The highest BCUT2D eigenvalue weighted by Crippen LogP contribution is 2.14. The third kappa shape index (κ3) is 5.77. The Morgan fingerprint density at radius 1 is 1.15 bits per heavy atom. The van der Waals surface area contributed by atoms with E-state index in [1.807, 2.05) is 18.2 Å². The Bertz CT molecular complexity index is 809. The second kappa shape index (κ2) is 9.48. The monoisotopic (exact) mass is 432 g/mol. The lowest BCUT2D eigenvalue weighted by Gasteiger charge is -2.28. The number of nitrogens with zero attached hydrogens (tertiary/aromatic N) is 2. The molecular weight excluding hydrogens is 412 g/mol. The van der Waals surface area contributed by atoms with Crippen LogP contribution in [0.1, 0.15) is 15.9 Å². The third-order valence-corrected chi connectivity index (χ3v) is 4.62. The molecule has 2 aromatic rings. The number of morpholine rings is 1. The van der Waals surface area contributed by atoms with Gasteiger partial charge in [0.15, 0.2) is 0 Å². The van der Waals surface area contributed by atoms with Gasteiger partial charge in [0.1, 0.15) is 5.82 Å². The smallest absolute Gasteiger partial charge is 0.251 e. The van der Waals surface area contributed by atoms with Crippen molar-refractivity contribution in [2.75, 3.05) is 37.7 Å². The maximum Gasteiger partial charge on any atom is 0.251 e. The summed E-state index contributed by atoms with van der Waals surface area (Å²) in [4.78, 5) is 30.6. The van der Waals surface area contributed by atoms with E-state index in [2.05, 4.69) is 36.4 Å². The standard InChI is InChI=1S/C19H21BrN4O3/c20-16-3-1-2-15(11-16)19(26)23-13-18(25)22-12-14-4-5-21-17(10-14)24-6-8-27-9-7-24/h1-5,10-11H,6-9,12-13H2,(H,22,25)(H,23,26). The number of carbonyl (C=O) groups is 2. The third-order valence-electron chi connectivity index (χ3n) is 4.13. The Hall–Kier alpha value is -2.45. The highest BCUT2D eigenvalue weighted by molar-refractivity contribution is 9.10. The molecule has 1 aromatic carbocycles. The molecule has 0 bridgehead atoms. The summed E-state index contributed by atoms with van der Waals surface area (Å²) < 4.78 is 6.16. The molecule has 2 amide bonds. The first-order valence-corrected chi connectivity index (χ1v) is 9.49. The number of hydrogen-bond donors (Lipinski definition) is 2. The average Bonchev–Trinajstić information content (AvgIpc) is 2.71. The van der Waals surface area contributed by atoms with Crippen LogP contribution in [0.25, 0.3) is 0 Å². The van der Waals surface area contributed by atoms with Gasteiger partial charge in [-0.1, -0.05) is 22.0 Å². The topological polar surface area (TPSA) is 83.6 Å². The molecule has 2 N–H and O–H groups in total. The molecule has 1 aromatic heterocycles. The molecule has 0 spiro atoms. The molecule has 1 aliphatic heterocycles. The molecule has 3 rings (SSSR count). The number of hydrogen-bond acceptors (Lipinski definition) is 5. The van der Waals surface area contributed by atoms with Crippen LogP contribution >= 0.6 is 15.9 Å². The Labute approximate surface area is 166 Å². The average molecular weight is 433 g/mol. The second-order valence-corrected chi connectivity index (χ2v) is 7.01. The van der Waals surface area contributed by atoms with E-state index in [0.717, 1.165) is 28.9 Å². The molecule has 0 unspecified atom stereocenters. The zero-order chi connectivity index (χ0) is 19.1. The van der Waals surface area contributed by atoms with Crippen LogP contribution in [0.3, 0.4) is 0 Å². The predicted octanol–water partition coefficient (Wildman–Crippen LogP) is 1.73. The molecule has 0 aliphatic carbocycles. The fraction of sp³-hybridized carbons (Fsp3) is 0.316. The van der Waals surface area contributed by atoms with Crippen molar-refractivity contribution >= 4 is 33.6 Å². The molecular formula is C19H21BrN4O3. The van der Waals surface area contributed by atoms with E-state index in [0.29, 0.717) is 25.3 Å². The summed E-state index contributed by atoms with van der Waals surface area (Å²) >= 11 is 3.32. The van der Waals surface area contributed by atoms with Crippen molar-refractivity contribution in [3.8, 4) is 0 Å². The van der Waals surface area contributed by atoms with E-state index in [4.69, 9.17) is 4.74 Å². The van der Waals surface area contributed by atoms with Crippen LogP contribution in [0.2, 0.25) is 0 Å². The Balaban J connectivity index is 1.47. The lowest BCUT2D eigenvalue weighted by molar-refractivity contribution is -0.120. The molecule has 142 valence electrons. The van der Waals surface area contributed by atoms with Crippen LogP contribution in [-0.4, -0.2) is 49.6 Å². The van der Waals surface area contributed by atoms with Gasteiger partial charge in [0.2, 0.25) is 5.91 Å². The van der Waals surface area contributed by atoms with Crippen LogP contribution in [0, 0.1) is 0 Å². The minimum Gasteiger partial charge on any atom is -0.378 e. The van der Waals surface area contributed by atoms with Gasteiger partial charge in [0.05, 0.1) is 19.8 Å². The largest absolute Gasteiger partial charge is 0.378 e. The van der Waals surface area contributed by atoms with E-state index < -0.39 is 0 Å². The van der Waals surface area contributed by atoms with Crippen molar-refractivity contribution in [2.45, 2.75) is 6.54 Å². The predicted molar refractivity (Wildman–Crippen MR) is 106 cm³/mol. The van der Waals surface area contributed by atoms with Gasteiger partial charge < -0.3 is 20.3 Å². The highest BCUT2D eigenvalue weighted by Gasteiger charge is 2.13. The Morgan fingerprint density at radius 3 is 2.74 bits per heavy atom. The molecule has 1 fully saturated rings. The maximum absolute atomic E-state index is 12.1. The summed E-state index contributed by atoms with van der Waals surface area (Å²) in [6.45, 7) is 3.31. The molecule has 0 saturated carbocycles. The van der Waals surface area contributed by atoms with E-state index in [1.54, 1.807) is 24.4 Å². The number of carbonyl (C=O) groups excluding carboxylic acids is 2. The summed E-state index contributed by atoms with van der Waals surface area (Å²) in [5.41, 5.74) is 1.46. The van der Waals surface area contributed by atoms with Crippen LogP contribution in [0.4, 0.5) is 5.82 Å². The molecule has 7 nitrogen and oxygen atoms in total. The zero-order valence-corrected chi connectivity index (χ0v) is 16.4. The van der Waals surface area contributed by atoms with Gasteiger partial charge >= 0.3 is 0 Å². The maximum atomic E-state index is 12.1. The molecule has 27 heavy (non-hydrogen) atoms. The van der Waals surface area contributed by atoms with Crippen LogP contribution in [0.15, 0.2) is 47.1 Å². The van der Waals surface area contributed by atoms with Gasteiger partial charge in [-0.2, -0.15) is 0 Å². The summed E-state index contributed by atoms with van der Waals surface area (Å²) in [6.07, 6.45) is 1.74. The fourth-order valence-corrected chi connectivity index (χ4v) is 3.09. The van der Waals surface area contributed by atoms with Crippen molar-refractivity contribution in [2.24, 2.45) is 0 Å². The summed E-state index contributed by atoms with van der Waals surface area (Å²) in [5.74, 6) is 0.348. The minimum atomic E-state index is -0.287. The van der Waals surface area contributed by atoms with Gasteiger partial charge in [-0.05, 0) is 35.9 Å². The zero-order valence-electron chi connectivity index (χ0n) is 14.8. The molecule has 2 heterocycles. The van der Waals surface area contributed by atoms with Gasteiger partial charge in [0, 0.05) is 35.9 Å². The summed E-state index contributed by atoms with van der Waals surface area (Å²) in [7, 11) is 0. The van der Waals surface area contributed by atoms with Crippen LogP contribution in [-0.2, 0) is 16.1 Å². The molecule has 1 saturated heterocycles. The molecule has 1 aliphatic rings. The number of aromatic nitrogens is 1. The normalized spacial score (nSPS) is 13.9. The minimum absolute atomic E-state index is 0.0766. The number of anilines is 1. The van der Waals surface area contributed by atoms with Crippen molar-refractivity contribution in [1.82, 2.24) is 15.6 Å². The number of benzene rings is 1. The first-order valence-electron chi connectivity index (χ1n) is 8.70. The van der Waals surface area contributed by atoms with Gasteiger partial charge in [-0.15, -0.1) is 0 Å². The molecule has 8 heteroatoms. The SMILES string of the molecule is O=C(CNC(=O)c1cccc(Br)c1)NCc1ccnc(N2CCOCC2)c1. The lowest BCUT2D eigenvalue weighted by Crippen LogP contribution is -2.37. The summed E-state index contributed by atoms with van der Waals surface area (Å²) in [5, 5.41) is 5.43. The highest BCUT2D eigenvalue weighted by atomic mass is 79.9. The number of ether oxygens (including phenoxy) is 1. The second-order valence-electron chi connectivity index (χ2n) is 6.09. The number of rotatable bonds is 6. The summed E-state index contributed by atoms with van der Waals surface area (Å²) in [6, 6.07) is 10.8. The van der Waals surface area contributed by atoms with Gasteiger partial charge in [0.25, 0.3) is 5.91 Å². The van der Waals surface area contributed by atoms with Crippen molar-refractivity contribution in [3.63, 3.8) is 0 Å². The van der Waals surface area contributed by atoms with Crippen molar-refractivity contribution in [3.05, 3.63) is 58.2 Å². The number of nitrogens with one attached hydrogen (secondary N) is 2. The lowest BCUT2D eigenvalue weighted by atomic mass is 10.2.